The molecule has 0 amide bonds. The largest absolute Gasteiger partial charge is 0.393 e. The Morgan fingerprint density at radius 1 is 1.35 bits per heavy atom. The highest BCUT2D eigenvalue weighted by Gasteiger charge is 2.20. The lowest BCUT2D eigenvalue weighted by Crippen LogP contribution is -2.28. The summed E-state index contributed by atoms with van der Waals surface area (Å²) in [4.78, 5) is 4.68. The van der Waals surface area contributed by atoms with Gasteiger partial charge >= 0.3 is 0 Å². The smallest absolute Gasteiger partial charge is 0.111 e. The van der Waals surface area contributed by atoms with E-state index in [4.69, 9.17) is 0 Å². The molecule has 4 nitrogen and oxygen atoms in total. The number of aliphatic hydroxyl groups is 1. The second kappa shape index (κ2) is 4.78. The van der Waals surface area contributed by atoms with E-state index in [2.05, 4.69) is 21.1 Å². The number of hydrogen-bond donors (Lipinski definition) is 2. The number of imidazole rings is 1. The molecule has 0 aliphatic carbocycles. The molecule has 94 valence electrons. The molecular formula is C13H21N3O. The van der Waals surface area contributed by atoms with Crippen molar-refractivity contribution in [2.24, 2.45) is 5.92 Å². The molecule has 1 unspecified atom stereocenters. The molecule has 3 heterocycles. The normalized spacial score (nSPS) is 25.8. The number of nitrogens with zero attached hydrogens (tertiary/aromatic N) is 2. The van der Waals surface area contributed by atoms with Gasteiger partial charge in [-0.2, -0.15) is 0 Å². The zero-order chi connectivity index (χ0) is 11.7. The Balaban J connectivity index is 1.67. The molecule has 0 aromatic carbocycles. The van der Waals surface area contributed by atoms with Crippen molar-refractivity contribution in [1.82, 2.24) is 14.9 Å². The molecule has 0 bridgehead atoms. The number of rotatable bonds is 2. The molecule has 2 aliphatic heterocycles. The predicted octanol–water partition coefficient (Wildman–Crippen LogP) is 0.732. The van der Waals surface area contributed by atoms with Crippen LogP contribution >= 0.6 is 0 Å². The molecule has 0 spiro atoms. The van der Waals surface area contributed by atoms with Crippen LogP contribution in [0.1, 0.15) is 30.8 Å². The van der Waals surface area contributed by atoms with E-state index in [1.54, 1.807) is 0 Å². The Labute approximate surface area is 102 Å². The number of piperidine rings is 1. The van der Waals surface area contributed by atoms with E-state index in [1.165, 1.54) is 18.5 Å². The van der Waals surface area contributed by atoms with Gasteiger partial charge in [0.25, 0.3) is 0 Å². The average Bonchev–Trinajstić information content (AvgIpc) is 2.71. The maximum Gasteiger partial charge on any atom is 0.111 e. The molecule has 1 saturated heterocycles. The summed E-state index contributed by atoms with van der Waals surface area (Å²) in [6, 6.07) is 0. The minimum absolute atomic E-state index is 0.184. The summed E-state index contributed by atoms with van der Waals surface area (Å²) in [5.41, 5.74) is 1.22. The first-order valence-electron chi connectivity index (χ1n) is 6.75. The van der Waals surface area contributed by atoms with E-state index in [9.17, 15) is 5.11 Å². The van der Waals surface area contributed by atoms with Crippen molar-refractivity contribution in [3.8, 4) is 0 Å². The Kier molecular flexibility index (Phi) is 3.16. The summed E-state index contributed by atoms with van der Waals surface area (Å²) < 4.78 is 2.23. The van der Waals surface area contributed by atoms with Gasteiger partial charge in [-0.25, -0.2) is 4.98 Å². The fraction of sp³-hybridized carbons (Fsp3) is 0.769. The van der Waals surface area contributed by atoms with Crippen molar-refractivity contribution in [3.05, 3.63) is 17.7 Å². The van der Waals surface area contributed by atoms with E-state index < -0.39 is 0 Å². The van der Waals surface area contributed by atoms with Crippen LogP contribution in [0.4, 0.5) is 0 Å². The van der Waals surface area contributed by atoms with Crippen molar-refractivity contribution >= 4 is 0 Å². The Morgan fingerprint density at radius 2 is 2.18 bits per heavy atom. The molecule has 0 saturated carbocycles. The van der Waals surface area contributed by atoms with Gasteiger partial charge in [-0.1, -0.05) is 0 Å². The molecule has 2 N–H and O–H groups in total. The summed E-state index contributed by atoms with van der Waals surface area (Å²) in [7, 11) is 0. The minimum atomic E-state index is -0.184. The highest BCUT2D eigenvalue weighted by Crippen LogP contribution is 2.20. The first-order chi connectivity index (χ1) is 8.31. The third-order valence-electron chi connectivity index (χ3n) is 3.99. The van der Waals surface area contributed by atoms with Gasteiger partial charge in [-0.05, 0) is 44.7 Å². The molecule has 1 fully saturated rings. The van der Waals surface area contributed by atoms with Crippen molar-refractivity contribution < 1.29 is 5.11 Å². The number of hydrogen-bond acceptors (Lipinski definition) is 3. The van der Waals surface area contributed by atoms with Crippen LogP contribution in [0.25, 0.3) is 0 Å². The van der Waals surface area contributed by atoms with Gasteiger partial charge in [0.05, 0.1) is 11.8 Å². The molecule has 1 aromatic heterocycles. The van der Waals surface area contributed by atoms with Crippen LogP contribution in [0, 0.1) is 5.92 Å². The van der Waals surface area contributed by atoms with Gasteiger partial charge in [0, 0.05) is 19.2 Å². The monoisotopic (exact) mass is 235 g/mol. The van der Waals surface area contributed by atoms with Crippen LogP contribution < -0.4 is 5.32 Å². The lowest BCUT2D eigenvalue weighted by Gasteiger charge is -2.21. The highest BCUT2D eigenvalue weighted by atomic mass is 16.3. The molecular weight excluding hydrogens is 214 g/mol. The molecule has 3 rings (SSSR count). The van der Waals surface area contributed by atoms with Crippen LogP contribution in [0.15, 0.2) is 6.20 Å². The maximum absolute atomic E-state index is 9.63. The quantitative estimate of drug-likeness (QED) is 0.794. The van der Waals surface area contributed by atoms with E-state index in [0.29, 0.717) is 0 Å². The van der Waals surface area contributed by atoms with Crippen molar-refractivity contribution in [2.75, 3.05) is 13.1 Å². The lowest BCUT2D eigenvalue weighted by atomic mass is 9.93. The SMILES string of the molecule is OC1CCn2cc(CC3CCNCC3)nc2C1. The zero-order valence-electron chi connectivity index (χ0n) is 10.2. The standard InChI is InChI=1S/C13H21N3O/c17-12-3-6-16-9-11(15-13(16)8-12)7-10-1-4-14-5-2-10/h9-10,12,14,17H,1-8H2. The summed E-state index contributed by atoms with van der Waals surface area (Å²) in [6.07, 6.45) is 7.26. The van der Waals surface area contributed by atoms with Crippen LogP contribution in [-0.2, 0) is 19.4 Å². The molecule has 1 atom stereocenters. The summed E-state index contributed by atoms with van der Waals surface area (Å²) in [6.45, 7) is 3.23. The van der Waals surface area contributed by atoms with E-state index in [-0.39, 0.29) is 6.10 Å². The third kappa shape index (κ3) is 2.53. The van der Waals surface area contributed by atoms with Crippen LogP contribution in [0.5, 0.6) is 0 Å². The summed E-state index contributed by atoms with van der Waals surface area (Å²) in [5, 5.41) is 13.0. The van der Waals surface area contributed by atoms with Gasteiger partial charge < -0.3 is 15.0 Å². The Hall–Kier alpha value is -0.870. The van der Waals surface area contributed by atoms with Crippen molar-refractivity contribution in [1.29, 1.82) is 0 Å². The van der Waals surface area contributed by atoms with Crippen LogP contribution in [-0.4, -0.2) is 33.9 Å². The van der Waals surface area contributed by atoms with Crippen LogP contribution in [0.3, 0.4) is 0 Å². The maximum atomic E-state index is 9.63. The van der Waals surface area contributed by atoms with Crippen LogP contribution in [0.2, 0.25) is 0 Å². The van der Waals surface area contributed by atoms with E-state index in [1.807, 2.05) is 0 Å². The number of aryl methyl sites for hydroxylation is 1. The molecule has 4 heteroatoms. The van der Waals surface area contributed by atoms with Gasteiger partial charge in [0.15, 0.2) is 0 Å². The summed E-state index contributed by atoms with van der Waals surface area (Å²) >= 11 is 0. The topological polar surface area (TPSA) is 50.1 Å². The van der Waals surface area contributed by atoms with Gasteiger partial charge in [0.2, 0.25) is 0 Å². The number of aliphatic hydroxyl groups excluding tert-OH is 1. The second-order valence-corrected chi connectivity index (χ2v) is 5.39. The molecule has 1 aromatic rings. The molecule has 0 radical (unpaired) electrons. The number of aromatic nitrogens is 2. The van der Waals surface area contributed by atoms with Gasteiger partial charge in [-0.15, -0.1) is 0 Å². The lowest BCUT2D eigenvalue weighted by molar-refractivity contribution is 0.141. The molecule has 2 aliphatic rings. The first kappa shape index (κ1) is 11.2. The van der Waals surface area contributed by atoms with Gasteiger partial charge in [-0.3, -0.25) is 0 Å². The van der Waals surface area contributed by atoms with Crippen molar-refractivity contribution in [2.45, 2.75) is 44.8 Å². The molecule has 17 heavy (non-hydrogen) atoms. The average molecular weight is 235 g/mol. The number of nitrogens with one attached hydrogen (secondary N) is 1. The van der Waals surface area contributed by atoms with Gasteiger partial charge in [0.1, 0.15) is 5.82 Å². The fourth-order valence-electron chi connectivity index (χ4n) is 2.95. The predicted molar refractivity (Wildman–Crippen MR) is 65.9 cm³/mol. The highest BCUT2D eigenvalue weighted by molar-refractivity contribution is 5.08. The second-order valence-electron chi connectivity index (χ2n) is 5.39. The Bertz CT molecular complexity index is 382. The minimum Gasteiger partial charge on any atom is -0.393 e. The van der Waals surface area contributed by atoms with Crippen molar-refractivity contribution in [3.63, 3.8) is 0 Å². The van der Waals surface area contributed by atoms with E-state index >= 15 is 0 Å². The Morgan fingerprint density at radius 3 is 3.00 bits per heavy atom. The first-order valence-corrected chi connectivity index (χ1v) is 6.75. The fourth-order valence-corrected chi connectivity index (χ4v) is 2.95. The zero-order valence-corrected chi connectivity index (χ0v) is 10.2. The summed E-state index contributed by atoms with van der Waals surface area (Å²) in [5.74, 6) is 1.87. The number of fused-ring (bicyclic) bond motifs is 1. The third-order valence-corrected chi connectivity index (χ3v) is 3.99. The van der Waals surface area contributed by atoms with E-state index in [0.717, 1.165) is 50.6 Å².